The Morgan fingerprint density at radius 3 is 2.68 bits per heavy atom. The van der Waals surface area contributed by atoms with Crippen LogP contribution in [0.15, 0.2) is 18.2 Å². The van der Waals surface area contributed by atoms with Gasteiger partial charge in [-0.15, -0.1) is 0 Å². The first kappa shape index (κ1) is 12.8. The van der Waals surface area contributed by atoms with E-state index in [0.29, 0.717) is 18.9 Å². The number of hydrogen-bond acceptors (Lipinski definition) is 4. The number of ether oxygens (including phenoxy) is 2. The lowest BCUT2D eigenvalue weighted by atomic mass is 10.00. The van der Waals surface area contributed by atoms with Crippen molar-refractivity contribution in [3.05, 3.63) is 23.8 Å². The van der Waals surface area contributed by atoms with Crippen molar-refractivity contribution < 1.29 is 9.47 Å². The quantitative estimate of drug-likeness (QED) is 0.908. The van der Waals surface area contributed by atoms with E-state index in [0.717, 1.165) is 18.0 Å². The Morgan fingerprint density at radius 1 is 1.16 bits per heavy atom. The van der Waals surface area contributed by atoms with E-state index >= 15 is 0 Å². The standard InChI is InChI=1S/C15H22N2O2/c1-11-4-3-5-12(2)17(11)16-9-13-6-7-14-15(8-13)19-10-18-14/h6-8,11-12,16H,3-5,9-10H2,1-2H3. The van der Waals surface area contributed by atoms with Gasteiger partial charge in [-0.2, -0.15) is 0 Å². The van der Waals surface area contributed by atoms with Gasteiger partial charge < -0.3 is 9.47 Å². The molecule has 0 saturated carbocycles. The van der Waals surface area contributed by atoms with Gasteiger partial charge in [-0.3, -0.25) is 5.43 Å². The molecule has 2 aliphatic rings. The molecule has 19 heavy (non-hydrogen) atoms. The smallest absolute Gasteiger partial charge is 0.231 e. The van der Waals surface area contributed by atoms with Crippen molar-refractivity contribution in [2.45, 2.75) is 51.7 Å². The molecule has 0 amide bonds. The van der Waals surface area contributed by atoms with Crippen LogP contribution in [0.3, 0.4) is 0 Å². The van der Waals surface area contributed by atoms with Crippen LogP contribution in [-0.4, -0.2) is 23.9 Å². The molecule has 2 unspecified atom stereocenters. The van der Waals surface area contributed by atoms with Gasteiger partial charge in [-0.05, 0) is 44.4 Å². The van der Waals surface area contributed by atoms with Crippen LogP contribution in [-0.2, 0) is 6.54 Å². The van der Waals surface area contributed by atoms with Crippen LogP contribution in [0, 0.1) is 0 Å². The van der Waals surface area contributed by atoms with Crippen LogP contribution in [0.2, 0.25) is 0 Å². The number of nitrogens with one attached hydrogen (secondary N) is 1. The zero-order chi connectivity index (χ0) is 13.2. The van der Waals surface area contributed by atoms with E-state index in [1.807, 2.05) is 6.07 Å². The van der Waals surface area contributed by atoms with Gasteiger partial charge in [0, 0.05) is 18.6 Å². The second kappa shape index (κ2) is 5.39. The monoisotopic (exact) mass is 262 g/mol. The molecule has 4 heteroatoms. The maximum atomic E-state index is 5.41. The summed E-state index contributed by atoms with van der Waals surface area (Å²) < 4.78 is 10.7. The van der Waals surface area contributed by atoms with Gasteiger partial charge in [0.25, 0.3) is 0 Å². The first-order chi connectivity index (χ1) is 9.24. The average Bonchev–Trinajstić information content (AvgIpc) is 2.85. The Hall–Kier alpha value is -1.26. The maximum Gasteiger partial charge on any atom is 0.231 e. The minimum atomic E-state index is 0.340. The number of benzene rings is 1. The summed E-state index contributed by atoms with van der Waals surface area (Å²) in [6.45, 7) is 5.77. The largest absolute Gasteiger partial charge is 0.454 e. The molecule has 2 atom stereocenters. The molecule has 2 aliphatic heterocycles. The predicted octanol–water partition coefficient (Wildman–Crippen LogP) is 2.68. The van der Waals surface area contributed by atoms with Crippen LogP contribution in [0.5, 0.6) is 11.5 Å². The van der Waals surface area contributed by atoms with E-state index in [1.54, 1.807) is 0 Å². The van der Waals surface area contributed by atoms with Crippen LogP contribution in [0.1, 0.15) is 38.7 Å². The minimum absolute atomic E-state index is 0.340. The second-order valence-electron chi connectivity index (χ2n) is 5.56. The molecule has 104 valence electrons. The zero-order valence-electron chi connectivity index (χ0n) is 11.7. The third kappa shape index (κ3) is 2.69. The highest BCUT2D eigenvalue weighted by Gasteiger charge is 2.24. The van der Waals surface area contributed by atoms with Gasteiger partial charge >= 0.3 is 0 Å². The van der Waals surface area contributed by atoms with Crippen molar-refractivity contribution >= 4 is 0 Å². The Bertz CT molecular complexity index is 440. The lowest BCUT2D eigenvalue weighted by Crippen LogP contribution is -2.51. The topological polar surface area (TPSA) is 33.7 Å². The lowest BCUT2D eigenvalue weighted by molar-refractivity contribution is 0.0435. The molecule has 1 saturated heterocycles. The van der Waals surface area contributed by atoms with Crippen molar-refractivity contribution in [2.75, 3.05) is 6.79 Å². The third-order valence-corrected chi connectivity index (χ3v) is 4.10. The number of piperidine rings is 1. The van der Waals surface area contributed by atoms with Crippen molar-refractivity contribution in [2.24, 2.45) is 0 Å². The summed E-state index contributed by atoms with van der Waals surface area (Å²) in [5.74, 6) is 1.71. The normalized spacial score (nSPS) is 26.6. The summed E-state index contributed by atoms with van der Waals surface area (Å²) in [7, 11) is 0. The van der Waals surface area contributed by atoms with Crippen LogP contribution in [0.25, 0.3) is 0 Å². The summed E-state index contributed by atoms with van der Waals surface area (Å²) in [4.78, 5) is 0. The van der Waals surface area contributed by atoms with Gasteiger partial charge in [0.2, 0.25) is 6.79 Å². The number of hydrazine groups is 1. The highest BCUT2D eigenvalue weighted by atomic mass is 16.7. The van der Waals surface area contributed by atoms with E-state index < -0.39 is 0 Å². The summed E-state index contributed by atoms with van der Waals surface area (Å²) in [6.07, 6.45) is 3.89. The Kier molecular flexibility index (Phi) is 3.62. The first-order valence-electron chi connectivity index (χ1n) is 7.14. The SMILES string of the molecule is CC1CCCC(C)N1NCc1ccc2c(c1)OCO2. The number of fused-ring (bicyclic) bond motifs is 1. The van der Waals surface area contributed by atoms with E-state index in [2.05, 4.69) is 36.4 Å². The van der Waals surface area contributed by atoms with Crippen LogP contribution >= 0.6 is 0 Å². The van der Waals surface area contributed by atoms with Gasteiger partial charge in [0.05, 0.1) is 0 Å². The molecule has 0 aromatic heterocycles. The van der Waals surface area contributed by atoms with Crippen molar-refractivity contribution in [3.8, 4) is 11.5 Å². The fourth-order valence-corrected chi connectivity index (χ4v) is 2.97. The molecule has 0 aliphatic carbocycles. The average molecular weight is 262 g/mol. The van der Waals surface area contributed by atoms with Crippen LogP contribution < -0.4 is 14.9 Å². The van der Waals surface area contributed by atoms with E-state index in [1.165, 1.54) is 24.8 Å². The molecular formula is C15H22N2O2. The molecule has 2 heterocycles. The molecule has 4 nitrogen and oxygen atoms in total. The van der Waals surface area contributed by atoms with Crippen molar-refractivity contribution in [1.29, 1.82) is 0 Å². The molecular weight excluding hydrogens is 240 g/mol. The molecule has 1 fully saturated rings. The molecule has 3 rings (SSSR count). The number of rotatable bonds is 3. The summed E-state index contributed by atoms with van der Waals surface area (Å²) in [5, 5.41) is 2.40. The molecule has 0 radical (unpaired) electrons. The van der Waals surface area contributed by atoms with Gasteiger partial charge in [0.15, 0.2) is 11.5 Å². The van der Waals surface area contributed by atoms with Crippen molar-refractivity contribution in [3.63, 3.8) is 0 Å². The molecule has 0 spiro atoms. The number of nitrogens with zero attached hydrogens (tertiary/aromatic N) is 1. The van der Waals surface area contributed by atoms with E-state index in [-0.39, 0.29) is 0 Å². The van der Waals surface area contributed by atoms with Crippen molar-refractivity contribution in [1.82, 2.24) is 10.4 Å². The first-order valence-corrected chi connectivity index (χ1v) is 7.14. The van der Waals surface area contributed by atoms with Crippen LogP contribution in [0.4, 0.5) is 0 Å². The van der Waals surface area contributed by atoms with E-state index in [9.17, 15) is 0 Å². The fourth-order valence-electron chi connectivity index (χ4n) is 2.97. The third-order valence-electron chi connectivity index (χ3n) is 4.10. The highest BCUT2D eigenvalue weighted by Crippen LogP contribution is 2.32. The minimum Gasteiger partial charge on any atom is -0.454 e. The second-order valence-corrected chi connectivity index (χ2v) is 5.56. The summed E-state index contributed by atoms with van der Waals surface area (Å²) in [6, 6.07) is 7.37. The molecule has 1 N–H and O–H groups in total. The highest BCUT2D eigenvalue weighted by molar-refractivity contribution is 5.44. The molecule has 1 aromatic carbocycles. The van der Waals surface area contributed by atoms with Gasteiger partial charge in [-0.1, -0.05) is 12.5 Å². The molecule has 1 aromatic rings. The summed E-state index contributed by atoms with van der Waals surface area (Å²) >= 11 is 0. The molecule has 0 bridgehead atoms. The maximum absolute atomic E-state index is 5.41. The fraction of sp³-hybridized carbons (Fsp3) is 0.600. The van der Waals surface area contributed by atoms with Gasteiger partial charge in [-0.25, -0.2) is 5.01 Å². The zero-order valence-corrected chi connectivity index (χ0v) is 11.7. The lowest BCUT2D eigenvalue weighted by Gasteiger charge is -2.39. The summed E-state index contributed by atoms with van der Waals surface area (Å²) in [5.41, 5.74) is 4.80. The van der Waals surface area contributed by atoms with Gasteiger partial charge in [0.1, 0.15) is 0 Å². The number of hydrogen-bond donors (Lipinski definition) is 1. The predicted molar refractivity (Wildman–Crippen MR) is 74.0 cm³/mol. The Morgan fingerprint density at radius 2 is 1.89 bits per heavy atom. The Balaban J connectivity index is 1.62. The van der Waals surface area contributed by atoms with E-state index in [4.69, 9.17) is 9.47 Å². The Labute approximate surface area is 114 Å².